The summed E-state index contributed by atoms with van der Waals surface area (Å²) in [5, 5.41) is 4.29. The molecule has 0 saturated carbocycles. The number of aliphatic imine (C=N–C) groups is 1. The number of nitrogens with zero attached hydrogens (tertiary/aromatic N) is 1. The summed E-state index contributed by atoms with van der Waals surface area (Å²) in [4.78, 5) is 17.4. The van der Waals surface area contributed by atoms with Gasteiger partial charge in [-0.25, -0.2) is 4.99 Å². The highest BCUT2D eigenvalue weighted by atomic mass is 35.5. The fourth-order valence-corrected chi connectivity index (χ4v) is 4.35. The molecular weight excluding hydrogens is 495 g/mol. The molecule has 174 valence electrons. The highest BCUT2D eigenvalue weighted by Gasteiger charge is 2.24. The molecule has 6 nitrogen and oxygen atoms in total. The summed E-state index contributed by atoms with van der Waals surface area (Å²) >= 11 is 13.7. The number of hydrogen-bond donors (Lipinski definition) is 1. The van der Waals surface area contributed by atoms with E-state index in [2.05, 4.69) is 10.3 Å². The molecule has 1 N–H and O–H groups in total. The molecule has 1 aliphatic heterocycles. The van der Waals surface area contributed by atoms with Crippen molar-refractivity contribution < 1.29 is 19.0 Å². The number of amides is 1. The lowest BCUT2D eigenvalue weighted by molar-refractivity contribution is -0.115. The SMILES string of the molecule is COc1ccc(N=C2NC(=O)/C(=C/c3cc(Cl)c(OCc4ccc(Cl)cc4)c(OC)c3)S2)cc1. The van der Waals surface area contributed by atoms with Crippen LogP contribution in [0.25, 0.3) is 6.08 Å². The first-order valence-corrected chi connectivity index (χ1v) is 11.7. The van der Waals surface area contributed by atoms with Crippen LogP contribution in [-0.2, 0) is 11.4 Å². The van der Waals surface area contributed by atoms with Gasteiger partial charge in [0.1, 0.15) is 12.4 Å². The fraction of sp³-hybridized carbons (Fsp3) is 0.120. The molecule has 3 aromatic rings. The zero-order valence-corrected chi connectivity index (χ0v) is 20.6. The molecule has 1 amide bonds. The molecular formula is C25H20Cl2N2O4S. The normalized spacial score (nSPS) is 15.5. The minimum absolute atomic E-state index is 0.240. The summed E-state index contributed by atoms with van der Waals surface area (Å²) in [7, 11) is 3.14. The first-order chi connectivity index (χ1) is 16.4. The van der Waals surface area contributed by atoms with Crippen molar-refractivity contribution in [2.75, 3.05) is 14.2 Å². The standard InChI is InChI=1S/C25H20Cl2N2O4S/c1-31-19-9-7-18(8-10-19)28-25-29-24(30)22(34-25)13-16-11-20(27)23(21(12-16)32-2)33-14-15-3-5-17(26)6-4-15/h3-13H,14H2,1-2H3,(H,28,29,30)/b22-13-. The average molecular weight is 515 g/mol. The molecule has 1 aliphatic rings. The van der Waals surface area contributed by atoms with Crippen LogP contribution in [0.2, 0.25) is 10.0 Å². The molecule has 34 heavy (non-hydrogen) atoms. The van der Waals surface area contributed by atoms with E-state index in [-0.39, 0.29) is 5.91 Å². The number of hydrogen-bond acceptors (Lipinski definition) is 6. The van der Waals surface area contributed by atoms with Gasteiger partial charge >= 0.3 is 0 Å². The van der Waals surface area contributed by atoms with Gasteiger partial charge in [-0.05, 0) is 77.5 Å². The predicted molar refractivity (Wildman–Crippen MR) is 138 cm³/mol. The number of carbonyl (C=O) groups is 1. The van der Waals surface area contributed by atoms with Gasteiger partial charge in [-0.3, -0.25) is 4.79 Å². The van der Waals surface area contributed by atoms with Crippen LogP contribution >= 0.6 is 35.0 Å². The predicted octanol–water partition coefficient (Wildman–Crippen LogP) is 6.48. The van der Waals surface area contributed by atoms with Gasteiger partial charge in [0.05, 0.1) is 29.8 Å². The Labute approximate surface area is 211 Å². The fourth-order valence-electron chi connectivity index (χ4n) is 3.11. The summed E-state index contributed by atoms with van der Waals surface area (Å²) in [5.41, 5.74) is 2.34. The molecule has 0 atom stereocenters. The van der Waals surface area contributed by atoms with Crippen molar-refractivity contribution in [1.29, 1.82) is 0 Å². The number of nitrogens with one attached hydrogen (secondary N) is 1. The quantitative estimate of drug-likeness (QED) is 0.365. The summed E-state index contributed by atoms with van der Waals surface area (Å²) in [6.45, 7) is 0.303. The molecule has 0 spiro atoms. The Balaban J connectivity index is 1.51. The van der Waals surface area contributed by atoms with Gasteiger partial charge in [0.25, 0.3) is 5.91 Å². The minimum atomic E-state index is -0.240. The molecule has 0 radical (unpaired) electrons. The van der Waals surface area contributed by atoms with Crippen LogP contribution in [0.3, 0.4) is 0 Å². The monoisotopic (exact) mass is 514 g/mol. The van der Waals surface area contributed by atoms with E-state index in [1.165, 1.54) is 18.9 Å². The van der Waals surface area contributed by atoms with Crippen LogP contribution in [0.4, 0.5) is 5.69 Å². The van der Waals surface area contributed by atoms with E-state index in [0.29, 0.717) is 49.5 Å². The van der Waals surface area contributed by atoms with Crippen LogP contribution in [0.15, 0.2) is 70.6 Å². The van der Waals surface area contributed by atoms with E-state index in [4.69, 9.17) is 37.4 Å². The molecule has 0 aliphatic carbocycles. The van der Waals surface area contributed by atoms with Gasteiger partial charge in [-0.2, -0.15) is 0 Å². The molecule has 0 unspecified atom stereocenters. The van der Waals surface area contributed by atoms with Crippen molar-refractivity contribution >= 4 is 57.8 Å². The number of ether oxygens (including phenoxy) is 3. The Morgan fingerprint density at radius 1 is 1.00 bits per heavy atom. The van der Waals surface area contributed by atoms with E-state index in [1.807, 2.05) is 36.4 Å². The van der Waals surface area contributed by atoms with Crippen molar-refractivity contribution in [3.05, 3.63) is 86.7 Å². The highest BCUT2D eigenvalue weighted by molar-refractivity contribution is 8.18. The van der Waals surface area contributed by atoms with E-state index < -0.39 is 0 Å². The summed E-state index contributed by atoms with van der Waals surface area (Å²) in [6, 6.07) is 18.1. The Kier molecular flexibility index (Phi) is 7.67. The van der Waals surface area contributed by atoms with Crippen molar-refractivity contribution in [3.8, 4) is 17.2 Å². The molecule has 0 bridgehead atoms. The molecule has 1 fully saturated rings. The third-order valence-electron chi connectivity index (χ3n) is 4.80. The van der Waals surface area contributed by atoms with Gasteiger partial charge in [0, 0.05) is 5.02 Å². The van der Waals surface area contributed by atoms with Gasteiger partial charge < -0.3 is 19.5 Å². The Morgan fingerprint density at radius 2 is 1.74 bits per heavy atom. The third-order valence-corrected chi connectivity index (χ3v) is 6.24. The second-order valence-electron chi connectivity index (χ2n) is 7.13. The van der Waals surface area contributed by atoms with Crippen LogP contribution in [0.5, 0.6) is 17.2 Å². The zero-order valence-electron chi connectivity index (χ0n) is 18.3. The Morgan fingerprint density at radius 3 is 2.41 bits per heavy atom. The average Bonchev–Trinajstić information content (AvgIpc) is 3.17. The lowest BCUT2D eigenvalue weighted by Crippen LogP contribution is -2.19. The van der Waals surface area contributed by atoms with Gasteiger partial charge in [-0.15, -0.1) is 0 Å². The number of amidine groups is 1. The summed E-state index contributed by atoms with van der Waals surface area (Å²) < 4.78 is 16.5. The molecule has 3 aromatic carbocycles. The maximum absolute atomic E-state index is 12.5. The van der Waals surface area contributed by atoms with E-state index in [9.17, 15) is 4.79 Å². The van der Waals surface area contributed by atoms with Gasteiger partial charge in [0.2, 0.25) is 0 Å². The van der Waals surface area contributed by atoms with Crippen LogP contribution < -0.4 is 19.5 Å². The molecule has 0 aromatic heterocycles. The van der Waals surface area contributed by atoms with Crippen LogP contribution in [-0.4, -0.2) is 25.3 Å². The van der Waals surface area contributed by atoms with Crippen molar-refractivity contribution in [3.63, 3.8) is 0 Å². The minimum Gasteiger partial charge on any atom is -0.497 e. The van der Waals surface area contributed by atoms with E-state index >= 15 is 0 Å². The number of rotatable bonds is 7. The summed E-state index contributed by atoms with van der Waals surface area (Å²) in [6.07, 6.45) is 1.73. The molecule has 4 rings (SSSR count). The van der Waals surface area contributed by atoms with Gasteiger partial charge in [0.15, 0.2) is 16.7 Å². The van der Waals surface area contributed by atoms with Crippen LogP contribution in [0.1, 0.15) is 11.1 Å². The van der Waals surface area contributed by atoms with E-state index in [0.717, 1.165) is 11.3 Å². The van der Waals surface area contributed by atoms with Crippen molar-refractivity contribution in [1.82, 2.24) is 5.32 Å². The Bertz CT molecular complexity index is 1260. The van der Waals surface area contributed by atoms with E-state index in [1.54, 1.807) is 37.5 Å². The second kappa shape index (κ2) is 10.9. The zero-order chi connectivity index (χ0) is 24.1. The molecule has 1 heterocycles. The first-order valence-electron chi connectivity index (χ1n) is 10.1. The largest absolute Gasteiger partial charge is 0.497 e. The maximum atomic E-state index is 12.5. The molecule has 9 heteroatoms. The number of thioether (sulfide) groups is 1. The van der Waals surface area contributed by atoms with Crippen LogP contribution in [0, 0.1) is 0 Å². The van der Waals surface area contributed by atoms with Crippen molar-refractivity contribution in [2.45, 2.75) is 6.61 Å². The number of benzene rings is 3. The second-order valence-corrected chi connectivity index (χ2v) is 9.00. The topological polar surface area (TPSA) is 69.2 Å². The Hall–Kier alpha value is -3.13. The number of carbonyl (C=O) groups excluding carboxylic acids is 1. The lowest BCUT2D eigenvalue weighted by Gasteiger charge is -2.13. The number of methoxy groups -OCH3 is 2. The van der Waals surface area contributed by atoms with Gasteiger partial charge in [-0.1, -0.05) is 35.3 Å². The summed E-state index contributed by atoms with van der Waals surface area (Å²) in [5.74, 6) is 1.38. The smallest absolute Gasteiger partial charge is 0.264 e. The third kappa shape index (κ3) is 5.86. The number of halogens is 2. The lowest BCUT2D eigenvalue weighted by atomic mass is 10.1. The highest BCUT2D eigenvalue weighted by Crippen LogP contribution is 2.38. The maximum Gasteiger partial charge on any atom is 0.264 e. The first kappa shape index (κ1) is 24.0. The van der Waals surface area contributed by atoms with Crippen molar-refractivity contribution in [2.24, 2.45) is 4.99 Å². The molecule has 1 saturated heterocycles.